The zero-order valence-corrected chi connectivity index (χ0v) is 14.3. The van der Waals surface area contributed by atoms with Gasteiger partial charge in [-0.25, -0.2) is 4.79 Å². The standard InChI is InChI=1S/C17H15IO4/c1-21-15-10-11(9-14(18)16(15)19)7-8-12-5-3-4-6-13(12)17(20)22-2/h3-10,19H,1-2H3. The fourth-order valence-corrected chi connectivity index (χ4v) is 2.60. The summed E-state index contributed by atoms with van der Waals surface area (Å²) in [5.41, 5.74) is 2.12. The molecule has 0 spiro atoms. The van der Waals surface area contributed by atoms with Gasteiger partial charge in [-0.05, 0) is 51.9 Å². The number of benzene rings is 2. The van der Waals surface area contributed by atoms with Gasteiger partial charge in [-0.2, -0.15) is 0 Å². The third-order valence-electron chi connectivity index (χ3n) is 3.09. The molecule has 0 atom stereocenters. The summed E-state index contributed by atoms with van der Waals surface area (Å²) in [4.78, 5) is 11.7. The van der Waals surface area contributed by atoms with Crippen LogP contribution >= 0.6 is 22.6 Å². The van der Waals surface area contributed by atoms with E-state index in [2.05, 4.69) is 0 Å². The molecular weight excluding hydrogens is 395 g/mol. The van der Waals surface area contributed by atoms with E-state index in [0.29, 0.717) is 14.9 Å². The van der Waals surface area contributed by atoms with E-state index in [1.807, 2.05) is 52.9 Å². The quantitative estimate of drug-likeness (QED) is 0.471. The first-order valence-electron chi connectivity index (χ1n) is 6.48. The lowest BCUT2D eigenvalue weighted by Gasteiger charge is -2.07. The second-order valence-corrected chi connectivity index (χ2v) is 5.63. The summed E-state index contributed by atoms with van der Waals surface area (Å²) < 4.78 is 10.6. The van der Waals surface area contributed by atoms with Crippen molar-refractivity contribution in [2.75, 3.05) is 14.2 Å². The predicted octanol–water partition coefficient (Wildman–Crippen LogP) is 3.96. The lowest BCUT2D eigenvalue weighted by Crippen LogP contribution is -2.03. The largest absolute Gasteiger partial charge is 0.504 e. The van der Waals surface area contributed by atoms with E-state index in [-0.39, 0.29) is 11.7 Å². The molecule has 22 heavy (non-hydrogen) atoms. The Morgan fingerprint density at radius 3 is 2.59 bits per heavy atom. The smallest absolute Gasteiger partial charge is 0.338 e. The molecule has 0 saturated heterocycles. The summed E-state index contributed by atoms with van der Waals surface area (Å²) in [5.74, 6) is 0.154. The van der Waals surface area contributed by atoms with Crippen molar-refractivity contribution in [3.05, 3.63) is 56.7 Å². The predicted molar refractivity (Wildman–Crippen MR) is 94.1 cm³/mol. The van der Waals surface area contributed by atoms with Gasteiger partial charge < -0.3 is 14.6 Å². The Kier molecular flexibility index (Phi) is 5.43. The highest BCUT2D eigenvalue weighted by Crippen LogP contribution is 2.33. The van der Waals surface area contributed by atoms with E-state index >= 15 is 0 Å². The molecule has 0 fully saturated rings. The minimum Gasteiger partial charge on any atom is -0.504 e. The van der Waals surface area contributed by atoms with Crippen molar-refractivity contribution in [3.63, 3.8) is 0 Å². The number of ether oxygens (including phenoxy) is 2. The summed E-state index contributed by atoms with van der Waals surface area (Å²) in [6, 6.07) is 10.8. The number of hydrogen-bond donors (Lipinski definition) is 1. The second kappa shape index (κ2) is 7.31. The third-order valence-corrected chi connectivity index (χ3v) is 3.91. The average Bonchev–Trinajstić information content (AvgIpc) is 2.55. The Hall–Kier alpha value is -2.02. The summed E-state index contributed by atoms with van der Waals surface area (Å²) in [5, 5.41) is 9.84. The van der Waals surface area contributed by atoms with Gasteiger partial charge in [-0.3, -0.25) is 0 Å². The number of phenols is 1. The van der Waals surface area contributed by atoms with Crippen molar-refractivity contribution >= 4 is 40.7 Å². The molecule has 2 aromatic carbocycles. The summed E-state index contributed by atoms with van der Waals surface area (Å²) in [6.07, 6.45) is 3.68. The molecule has 0 heterocycles. The Morgan fingerprint density at radius 2 is 1.91 bits per heavy atom. The number of esters is 1. The molecule has 0 aliphatic heterocycles. The van der Waals surface area contributed by atoms with Crippen LogP contribution in [0.25, 0.3) is 12.2 Å². The van der Waals surface area contributed by atoms with Gasteiger partial charge in [0.05, 0.1) is 23.4 Å². The monoisotopic (exact) mass is 410 g/mol. The molecule has 2 aromatic rings. The maximum atomic E-state index is 11.7. The zero-order valence-electron chi connectivity index (χ0n) is 12.2. The number of methoxy groups -OCH3 is 2. The van der Waals surface area contributed by atoms with Crippen molar-refractivity contribution in [3.8, 4) is 11.5 Å². The Morgan fingerprint density at radius 1 is 1.18 bits per heavy atom. The third kappa shape index (κ3) is 3.59. The fourth-order valence-electron chi connectivity index (χ4n) is 1.97. The highest BCUT2D eigenvalue weighted by atomic mass is 127. The van der Waals surface area contributed by atoms with E-state index in [4.69, 9.17) is 9.47 Å². The highest BCUT2D eigenvalue weighted by molar-refractivity contribution is 14.1. The minimum absolute atomic E-state index is 0.121. The molecule has 0 radical (unpaired) electrons. The first kappa shape index (κ1) is 16.4. The molecule has 4 nitrogen and oxygen atoms in total. The number of carbonyl (C=O) groups is 1. The molecule has 2 rings (SSSR count). The SMILES string of the molecule is COC(=O)c1ccccc1C=Cc1cc(I)c(O)c(OC)c1. The molecule has 0 saturated carbocycles. The van der Waals surface area contributed by atoms with E-state index in [1.165, 1.54) is 14.2 Å². The summed E-state index contributed by atoms with van der Waals surface area (Å²) in [7, 11) is 2.86. The van der Waals surface area contributed by atoms with Gasteiger partial charge in [0, 0.05) is 0 Å². The molecule has 0 unspecified atom stereocenters. The summed E-state index contributed by atoms with van der Waals surface area (Å²) >= 11 is 2.04. The van der Waals surface area contributed by atoms with Gasteiger partial charge in [0.25, 0.3) is 0 Å². The van der Waals surface area contributed by atoms with Crippen molar-refractivity contribution < 1.29 is 19.4 Å². The number of aromatic hydroxyl groups is 1. The second-order valence-electron chi connectivity index (χ2n) is 4.47. The summed E-state index contributed by atoms with van der Waals surface area (Å²) in [6.45, 7) is 0. The maximum absolute atomic E-state index is 11.7. The minimum atomic E-state index is -0.377. The number of rotatable bonds is 4. The van der Waals surface area contributed by atoms with Crippen LogP contribution in [0.4, 0.5) is 0 Å². The van der Waals surface area contributed by atoms with Crippen LogP contribution in [-0.2, 0) is 4.74 Å². The van der Waals surface area contributed by atoms with Crippen LogP contribution < -0.4 is 4.74 Å². The molecule has 5 heteroatoms. The van der Waals surface area contributed by atoms with Crippen LogP contribution in [-0.4, -0.2) is 25.3 Å². The van der Waals surface area contributed by atoms with Crippen molar-refractivity contribution in [1.82, 2.24) is 0 Å². The highest BCUT2D eigenvalue weighted by Gasteiger charge is 2.09. The van der Waals surface area contributed by atoms with E-state index in [1.54, 1.807) is 18.2 Å². The topological polar surface area (TPSA) is 55.8 Å². The number of halogens is 1. The molecule has 0 aliphatic rings. The molecule has 0 amide bonds. The van der Waals surface area contributed by atoms with Crippen LogP contribution in [0.5, 0.6) is 11.5 Å². The van der Waals surface area contributed by atoms with Crippen LogP contribution in [0.1, 0.15) is 21.5 Å². The van der Waals surface area contributed by atoms with Crippen LogP contribution in [0.15, 0.2) is 36.4 Å². The zero-order chi connectivity index (χ0) is 16.1. The van der Waals surface area contributed by atoms with Crippen molar-refractivity contribution in [2.45, 2.75) is 0 Å². The average molecular weight is 410 g/mol. The molecular formula is C17H15IO4. The van der Waals surface area contributed by atoms with Gasteiger partial charge in [-0.1, -0.05) is 30.4 Å². The molecule has 0 aromatic heterocycles. The molecule has 0 aliphatic carbocycles. The van der Waals surface area contributed by atoms with Gasteiger partial charge in [-0.15, -0.1) is 0 Å². The molecule has 1 N–H and O–H groups in total. The Bertz CT molecular complexity index is 723. The van der Waals surface area contributed by atoms with E-state index in [9.17, 15) is 9.90 Å². The van der Waals surface area contributed by atoms with Gasteiger partial charge in [0.15, 0.2) is 11.5 Å². The molecule has 0 bridgehead atoms. The van der Waals surface area contributed by atoms with Crippen molar-refractivity contribution in [2.24, 2.45) is 0 Å². The molecule has 114 valence electrons. The number of phenolic OH excluding ortho intramolecular Hbond substituents is 1. The van der Waals surface area contributed by atoms with Gasteiger partial charge in [0.1, 0.15) is 0 Å². The first-order valence-corrected chi connectivity index (χ1v) is 7.56. The lowest BCUT2D eigenvalue weighted by atomic mass is 10.1. The Balaban J connectivity index is 2.37. The van der Waals surface area contributed by atoms with Crippen molar-refractivity contribution in [1.29, 1.82) is 0 Å². The maximum Gasteiger partial charge on any atom is 0.338 e. The van der Waals surface area contributed by atoms with Crippen LogP contribution in [0.3, 0.4) is 0 Å². The lowest BCUT2D eigenvalue weighted by molar-refractivity contribution is 0.0600. The fraction of sp³-hybridized carbons (Fsp3) is 0.118. The first-order chi connectivity index (χ1) is 10.6. The van der Waals surface area contributed by atoms with Gasteiger partial charge in [0.2, 0.25) is 0 Å². The van der Waals surface area contributed by atoms with Crippen LogP contribution in [0.2, 0.25) is 0 Å². The normalized spacial score (nSPS) is 10.7. The van der Waals surface area contributed by atoms with E-state index < -0.39 is 0 Å². The van der Waals surface area contributed by atoms with E-state index in [0.717, 1.165) is 11.1 Å². The number of carbonyl (C=O) groups excluding carboxylic acids is 1. The Labute approximate surface area is 142 Å². The van der Waals surface area contributed by atoms with Gasteiger partial charge >= 0.3 is 5.97 Å². The number of hydrogen-bond acceptors (Lipinski definition) is 4. The van der Waals surface area contributed by atoms with Crippen LogP contribution in [0, 0.1) is 3.57 Å².